The fraction of sp³-hybridized carbons (Fsp3) is 0.526. The van der Waals surface area contributed by atoms with E-state index in [4.69, 9.17) is 0 Å². The molecule has 3 rings (SSSR count). The van der Waals surface area contributed by atoms with E-state index in [0.717, 1.165) is 37.6 Å². The van der Waals surface area contributed by atoms with E-state index in [9.17, 15) is 9.90 Å². The molecule has 2 N–H and O–H groups in total. The molecule has 26 heavy (non-hydrogen) atoms. The monoisotopic (exact) mass is 357 g/mol. The first-order valence-corrected chi connectivity index (χ1v) is 9.23. The van der Waals surface area contributed by atoms with E-state index in [2.05, 4.69) is 33.7 Å². The number of imidazole rings is 1. The van der Waals surface area contributed by atoms with Crippen molar-refractivity contribution in [1.82, 2.24) is 19.9 Å². The summed E-state index contributed by atoms with van der Waals surface area (Å²) in [6.45, 7) is 7.09. The van der Waals surface area contributed by atoms with Gasteiger partial charge in [-0.15, -0.1) is 0 Å². The average Bonchev–Trinajstić information content (AvgIpc) is 3.27. The normalized spacial score (nSPS) is 17.1. The van der Waals surface area contributed by atoms with Gasteiger partial charge in [-0.1, -0.05) is 13.8 Å². The number of aliphatic hydroxyl groups excluding tert-OH is 1. The van der Waals surface area contributed by atoms with Gasteiger partial charge >= 0.3 is 0 Å². The van der Waals surface area contributed by atoms with Gasteiger partial charge in [-0.2, -0.15) is 0 Å². The van der Waals surface area contributed by atoms with Crippen LogP contribution >= 0.6 is 0 Å². The number of aryl methyl sites for hydroxylation is 1. The van der Waals surface area contributed by atoms with Gasteiger partial charge in [0.2, 0.25) is 0 Å². The third-order valence-electron chi connectivity index (χ3n) is 4.62. The Labute approximate surface area is 154 Å². The fourth-order valence-electron chi connectivity index (χ4n) is 3.22. The third kappa shape index (κ3) is 4.40. The van der Waals surface area contributed by atoms with Gasteiger partial charge in [0.25, 0.3) is 5.91 Å². The van der Waals surface area contributed by atoms with Crippen LogP contribution in [0, 0.1) is 0 Å². The van der Waals surface area contributed by atoms with Crippen LogP contribution in [0.25, 0.3) is 0 Å². The number of anilines is 1. The lowest BCUT2D eigenvalue weighted by atomic mass is 10.2. The summed E-state index contributed by atoms with van der Waals surface area (Å²) in [5.41, 5.74) is 0.555. The molecule has 140 valence electrons. The van der Waals surface area contributed by atoms with Gasteiger partial charge < -0.3 is 19.9 Å². The number of amides is 1. The van der Waals surface area contributed by atoms with Crippen molar-refractivity contribution in [1.29, 1.82) is 0 Å². The van der Waals surface area contributed by atoms with Gasteiger partial charge in [0.05, 0.1) is 11.7 Å². The van der Waals surface area contributed by atoms with Crippen LogP contribution in [0.4, 0.5) is 5.82 Å². The van der Waals surface area contributed by atoms with Crippen molar-refractivity contribution < 1.29 is 9.90 Å². The van der Waals surface area contributed by atoms with Crippen LogP contribution in [-0.4, -0.2) is 51.3 Å². The van der Waals surface area contributed by atoms with Crippen LogP contribution in [0.5, 0.6) is 0 Å². The highest BCUT2D eigenvalue weighted by Crippen LogP contribution is 2.18. The van der Waals surface area contributed by atoms with Crippen LogP contribution in [0.1, 0.15) is 48.8 Å². The molecule has 2 aromatic heterocycles. The lowest BCUT2D eigenvalue weighted by Crippen LogP contribution is -2.26. The molecule has 1 fully saturated rings. The molecule has 0 aromatic carbocycles. The quantitative estimate of drug-likeness (QED) is 0.738. The summed E-state index contributed by atoms with van der Waals surface area (Å²) in [5, 5.41) is 12.5. The van der Waals surface area contributed by atoms with Gasteiger partial charge in [0.1, 0.15) is 11.6 Å². The number of nitrogens with zero attached hydrogens (tertiary/aromatic N) is 4. The van der Waals surface area contributed by atoms with E-state index in [1.807, 2.05) is 23.4 Å². The highest BCUT2D eigenvalue weighted by atomic mass is 16.3. The third-order valence-corrected chi connectivity index (χ3v) is 4.62. The molecule has 0 radical (unpaired) electrons. The number of nitrogens with one attached hydrogen (secondary N) is 1. The first-order valence-electron chi connectivity index (χ1n) is 9.23. The van der Waals surface area contributed by atoms with Crippen LogP contribution < -0.4 is 10.2 Å². The van der Waals surface area contributed by atoms with E-state index in [-0.39, 0.29) is 12.0 Å². The standard InChI is InChI=1S/C19H27N5O2/c1-14(2)18-20-8-11-23(18)9-3-7-21-19(26)15-4-5-17(22-12-15)24-10-6-16(25)13-24/h4-5,8,11-12,14,16,25H,3,6-7,9-10,13H2,1-2H3,(H,21,26)/t16-/m0/s1. The van der Waals surface area contributed by atoms with Gasteiger partial charge in [0, 0.05) is 50.7 Å². The van der Waals surface area contributed by atoms with Crippen LogP contribution in [0.3, 0.4) is 0 Å². The number of rotatable bonds is 7. The molecular weight excluding hydrogens is 330 g/mol. The number of pyridine rings is 1. The van der Waals surface area contributed by atoms with Crippen molar-refractivity contribution in [2.45, 2.75) is 45.3 Å². The van der Waals surface area contributed by atoms with E-state index in [0.29, 0.717) is 24.6 Å². The van der Waals surface area contributed by atoms with Crippen LogP contribution in [-0.2, 0) is 6.54 Å². The molecule has 1 aliphatic heterocycles. The first kappa shape index (κ1) is 18.4. The van der Waals surface area contributed by atoms with Crippen molar-refractivity contribution in [2.75, 3.05) is 24.5 Å². The van der Waals surface area contributed by atoms with E-state index >= 15 is 0 Å². The molecule has 1 saturated heterocycles. The molecular formula is C19H27N5O2. The Morgan fingerprint density at radius 2 is 2.23 bits per heavy atom. The number of hydrogen-bond acceptors (Lipinski definition) is 5. The zero-order valence-corrected chi connectivity index (χ0v) is 15.4. The SMILES string of the molecule is CC(C)c1nccn1CCCNC(=O)c1ccc(N2CC[C@H](O)C2)nc1. The largest absolute Gasteiger partial charge is 0.391 e. The van der Waals surface area contributed by atoms with E-state index in [1.165, 1.54) is 0 Å². The van der Waals surface area contributed by atoms with E-state index < -0.39 is 0 Å². The second-order valence-corrected chi connectivity index (χ2v) is 7.04. The maximum atomic E-state index is 12.2. The van der Waals surface area contributed by atoms with Gasteiger partial charge in [-0.05, 0) is 25.0 Å². The minimum atomic E-state index is -0.286. The van der Waals surface area contributed by atoms with Crippen LogP contribution in [0.15, 0.2) is 30.7 Å². The maximum Gasteiger partial charge on any atom is 0.252 e. The van der Waals surface area contributed by atoms with Gasteiger partial charge in [-0.25, -0.2) is 9.97 Å². The molecule has 7 heteroatoms. The first-order chi connectivity index (χ1) is 12.5. The second kappa shape index (κ2) is 8.31. The topological polar surface area (TPSA) is 83.3 Å². The highest BCUT2D eigenvalue weighted by Gasteiger charge is 2.21. The summed E-state index contributed by atoms with van der Waals surface area (Å²) in [5.74, 6) is 2.16. The molecule has 2 aromatic rings. The summed E-state index contributed by atoms with van der Waals surface area (Å²) in [6, 6.07) is 3.63. The lowest BCUT2D eigenvalue weighted by Gasteiger charge is -2.16. The van der Waals surface area contributed by atoms with Crippen LogP contribution in [0.2, 0.25) is 0 Å². The zero-order chi connectivity index (χ0) is 18.5. The summed E-state index contributed by atoms with van der Waals surface area (Å²) in [4.78, 5) is 23.0. The summed E-state index contributed by atoms with van der Waals surface area (Å²) >= 11 is 0. The minimum Gasteiger partial charge on any atom is -0.391 e. The molecule has 0 aliphatic carbocycles. The van der Waals surface area contributed by atoms with Crippen molar-refractivity contribution in [3.8, 4) is 0 Å². The van der Waals surface area contributed by atoms with E-state index in [1.54, 1.807) is 12.3 Å². The Bertz CT molecular complexity index is 726. The van der Waals surface area contributed by atoms with Gasteiger partial charge in [-0.3, -0.25) is 4.79 Å². The highest BCUT2D eigenvalue weighted by molar-refractivity contribution is 5.94. The number of hydrogen-bond donors (Lipinski definition) is 2. The molecule has 0 bridgehead atoms. The Morgan fingerprint density at radius 1 is 1.38 bits per heavy atom. The molecule has 1 aliphatic rings. The number of aliphatic hydroxyl groups is 1. The molecule has 3 heterocycles. The molecule has 0 unspecified atom stereocenters. The number of carbonyl (C=O) groups excluding carboxylic acids is 1. The van der Waals surface area contributed by atoms with Crippen molar-refractivity contribution in [2.24, 2.45) is 0 Å². The van der Waals surface area contributed by atoms with Crippen molar-refractivity contribution >= 4 is 11.7 Å². The second-order valence-electron chi connectivity index (χ2n) is 7.04. The molecule has 0 saturated carbocycles. The van der Waals surface area contributed by atoms with Crippen molar-refractivity contribution in [3.63, 3.8) is 0 Å². The average molecular weight is 357 g/mol. The molecule has 7 nitrogen and oxygen atoms in total. The van der Waals surface area contributed by atoms with Crippen molar-refractivity contribution in [3.05, 3.63) is 42.1 Å². The Balaban J connectivity index is 1.45. The number of carbonyl (C=O) groups is 1. The summed E-state index contributed by atoms with van der Waals surface area (Å²) in [7, 11) is 0. The summed E-state index contributed by atoms with van der Waals surface area (Å²) in [6.07, 6.45) is 6.72. The molecule has 1 atom stereocenters. The molecule has 0 spiro atoms. The number of aromatic nitrogens is 3. The Kier molecular flexibility index (Phi) is 5.88. The lowest BCUT2D eigenvalue weighted by molar-refractivity contribution is 0.0952. The Hall–Kier alpha value is -2.41. The maximum absolute atomic E-state index is 12.2. The minimum absolute atomic E-state index is 0.111. The fourth-order valence-corrected chi connectivity index (χ4v) is 3.22. The predicted molar refractivity (Wildman–Crippen MR) is 100 cm³/mol. The zero-order valence-electron chi connectivity index (χ0n) is 15.4. The smallest absolute Gasteiger partial charge is 0.252 e. The summed E-state index contributed by atoms with van der Waals surface area (Å²) < 4.78 is 2.14. The molecule has 1 amide bonds. The van der Waals surface area contributed by atoms with Gasteiger partial charge in [0.15, 0.2) is 0 Å². The number of β-amino-alcohol motifs (C(OH)–C–C–N with tert-alkyl or cyclic N) is 1. The predicted octanol–water partition coefficient (Wildman–Crippen LogP) is 1.79. The Morgan fingerprint density at radius 3 is 2.88 bits per heavy atom.